The maximum atomic E-state index is 15.9. The second-order valence-corrected chi connectivity index (χ2v) is 10.5. The fourth-order valence-electron chi connectivity index (χ4n) is 4.55. The number of hydrogen-bond donors (Lipinski definition) is 2. The number of aliphatic hydroxyl groups excluding tert-OH is 2. The lowest BCUT2D eigenvalue weighted by molar-refractivity contribution is -0.0570. The molecule has 2 N–H and O–H groups in total. The molecule has 3 rings (SSSR count). The molecule has 1 aliphatic rings. The van der Waals surface area contributed by atoms with Gasteiger partial charge in [-0.25, -0.2) is 4.39 Å². The minimum atomic E-state index is -1.57. The second kappa shape index (κ2) is 9.65. The van der Waals surface area contributed by atoms with Crippen LogP contribution >= 0.6 is 11.3 Å². The molecule has 0 bridgehead atoms. The number of hydrogen-bond acceptors (Lipinski definition) is 3. The van der Waals surface area contributed by atoms with Crippen LogP contribution in [0.4, 0.5) is 4.39 Å². The first-order chi connectivity index (χ1) is 14.2. The van der Waals surface area contributed by atoms with Gasteiger partial charge in [0.25, 0.3) is 0 Å². The first kappa shape index (κ1) is 23.0. The number of halogens is 1. The molecular weight excluding hydrogens is 395 g/mol. The Kier molecular flexibility index (Phi) is 7.41. The van der Waals surface area contributed by atoms with E-state index in [-0.39, 0.29) is 11.7 Å². The van der Waals surface area contributed by atoms with Crippen LogP contribution in [-0.2, 0) is 0 Å². The lowest BCUT2D eigenvalue weighted by Gasteiger charge is -2.40. The molecule has 164 valence electrons. The molecule has 0 aliphatic heterocycles. The highest BCUT2D eigenvalue weighted by atomic mass is 32.1. The van der Waals surface area contributed by atoms with Crippen LogP contribution in [0.2, 0.25) is 0 Å². The molecule has 2 aromatic rings. The molecule has 0 amide bonds. The van der Waals surface area contributed by atoms with Gasteiger partial charge < -0.3 is 10.2 Å². The number of thiophene rings is 1. The van der Waals surface area contributed by atoms with E-state index in [0.29, 0.717) is 36.0 Å². The molecule has 0 saturated heterocycles. The topological polar surface area (TPSA) is 40.5 Å². The molecule has 0 radical (unpaired) electrons. The summed E-state index contributed by atoms with van der Waals surface area (Å²) in [6.07, 6.45) is 2.91. The summed E-state index contributed by atoms with van der Waals surface area (Å²) in [5, 5.41) is 21.7. The van der Waals surface area contributed by atoms with Crippen LogP contribution in [0.1, 0.15) is 75.7 Å². The Morgan fingerprint density at radius 2 is 1.83 bits per heavy atom. The van der Waals surface area contributed by atoms with Crippen molar-refractivity contribution in [2.24, 2.45) is 11.8 Å². The molecule has 1 fully saturated rings. The van der Waals surface area contributed by atoms with E-state index >= 15 is 4.39 Å². The van der Waals surface area contributed by atoms with Crippen LogP contribution in [0.25, 0.3) is 16.2 Å². The van der Waals surface area contributed by atoms with Gasteiger partial charge in [-0.3, -0.25) is 0 Å². The zero-order chi connectivity index (χ0) is 21.9. The van der Waals surface area contributed by atoms with E-state index in [9.17, 15) is 10.2 Å². The summed E-state index contributed by atoms with van der Waals surface area (Å²) in [6.45, 7) is 10.2. The number of aliphatic hydroxyl groups is 2. The van der Waals surface area contributed by atoms with Gasteiger partial charge in [0.1, 0.15) is 11.4 Å². The van der Waals surface area contributed by atoms with Crippen LogP contribution in [0, 0.1) is 11.8 Å². The maximum absolute atomic E-state index is 15.9. The minimum Gasteiger partial charge on any atom is -0.507 e. The molecule has 2 unspecified atom stereocenters. The van der Waals surface area contributed by atoms with Crippen molar-refractivity contribution in [2.45, 2.75) is 77.0 Å². The van der Waals surface area contributed by atoms with Crippen LogP contribution in [0.3, 0.4) is 0 Å². The highest BCUT2D eigenvalue weighted by molar-refractivity contribution is 7.16. The van der Waals surface area contributed by atoms with Crippen molar-refractivity contribution in [3.8, 4) is 10.4 Å². The van der Waals surface area contributed by atoms with E-state index in [4.69, 9.17) is 0 Å². The third-order valence-electron chi connectivity index (χ3n) is 6.55. The van der Waals surface area contributed by atoms with Gasteiger partial charge in [-0.2, -0.15) is 0 Å². The summed E-state index contributed by atoms with van der Waals surface area (Å²) in [7, 11) is 0. The number of alkyl halides is 1. The Bertz CT molecular complexity index is 834. The molecule has 2 nitrogen and oxygen atoms in total. The zero-order valence-electron chi connectivity index (χ0n) is 18.4. The molecule has 1 aromatic heterocycles. The van der Waals surface area contributed by atoms with Crippen LogP contribution < -0.4 is 0 Å². The normalized spacial score (nSPS) is 24.0. The van der Waals surface area contributed by atoms with Crippen LogP contribution in [-0.4, -0.2) is 22.0 Å². The van der Waals surface area contributed by atoms with E-state index in [1.54, 1.807) is 0 Å². The summed E-state index contributed by atoms with van der Waals surface area (Å²) >= 11 is 1.46. The largest absolute Gasteiger partial charge is 0.507 e. The Balaban J connectivity index is 2.00. The lowest BCUT2D eigenvalue weighted by Crippen LogP contribution is -2.44. The van der Waals surface area contributed by atoms with E-state index in [1.807, 2.05) is 36.4 Å². The summed E-state index contributed by atoms with van der Waals surface area (Å²) in [5.41, 5.74) is 0.307. The van der Waals surface area contributed by atoms with Crippen molar-refractivity contribution in [3.63, 3.8) is 0 Å². The molecule has 4 heteroatoms. The van der Waals surface area contributed by atoms with Gasteiger partial charge in [-0.05, 0) is 61.1 Å². The predicted molar refractivity (Wildman–Crippen MR) is 126 cm³/mol. The van der Waals surface area contributed by atoms with Gasteiger partial charge in [0, 0.05) is 10.8 Å². The third-order valence-corrected chi connectivity index (χ3v) is 7.80. The summed E-state index contributed by atoms with van der Waals surface area (Å²) < 4.78 is 15.9. The fourth-order valence-corrected chi connectivity index (χ4v) is 5.65. The van der Waals surface area contributed by atoms with E-state index in [2.05, 4.69) is 27.4 Å². The predicted octanol–water partition coefficient (Wildman–Crippen LogP) is 7.74. The van der Waals surface area contributed by atoms with Crippen LogP contribution in [0.5, 0.6) is 0 Å². The lowest BCUT2D eigenvalue weighted by atomic mass is 9.72. The Morgan fingerprint density at radius 3 is 2.40 bits per heavy atom. The van der Waals surface area contributed by atoms with Gasteiger partial charge in [0.05, 0.1) is 11.0 Å². The SMILES string of the molecule is C=C(O)c1sc(-c2ccccc2)cc1C(CCC(C)C)C(O)C1(F)CCC(C)CC1. The fraction of sp³-hybridized carbons (Fsp3) is 0.538. The summed E-state index contributed by atoms with van der Waals surface area (Å²) in [6, 6.07) is 12.0. The molecule has 2 atom stereocenters. The smallest absolute Gasteiger partial charge is 0.137 e. The third kappa shape index (κ3) is 5.15. The van der Waals surface area contributed by atoms with Crippen LogP contribution in [0.15, 0.2) is 43.0 Å². The van der Waals surface area contributed by atoms with Gasteiger partial charge >= 0.3 is 0 Å². The van der Waals surface area contributed by atoms with Crippen molar-refractivity contribution in [2.75, 3.05) is 0 Å². The van der Waals surface area contributed by atoms with E-state index in [1.165, 1.54) is 11.3 Å². The quantitative estimate of drug-likeness (QED) is 0.420. The molecule has 30 heavy (non-hydrogen) atoms. The summed E-state index contributed by atoms with van der Waals surface area (Å²) in [4.78, 5) is 1.66. The van der Waals surface area contributed by atoms with Gasteiger partial charge in [0.2, 0.25) is 0 Å². The van der Waals surface area contributed by atoms with Gasteiger partial charge in [-0.1, -0.05) is 64.1 Å². The first-order valence-electron chi connectivity index (χ1n) is 11.2. The molecule has 1 aromatic carbocycles. The zero-order valence-corrected chi connectivity index (χ0v) is 19.2. The van der Waals surface area contributed by atoms with Crippen molar-refractivity contribution < 1.29 is 14.6 Å². The first-order valence-corrected chi connectivity index (χ1v) is 12.0. The highest BCUT2D eigenvalue weighted by Gasteiger charge is 2.45. The summed E-state index contributed by atoms with van der Waals surface area (Å²) in [5.74, 6) is 0.589. The standard InChI is InChI=1S/C26H35FO2S/c1-17(2)10-11-21(25(29)26(27)14-12-18(3)13-15-26)22-16-23(30-24(22)19(4)28)20-8-6-5-7-9-20/h5-9,16-18,21,25,28-29H,4,10-15H2,1-3H3. The molecular formula is C26H35FO2S. The maximum Gasteiger partial charge on any atom is 0.137 e. The average molecular weight is 431 g/mol. The van der Waals surface area contributed by atoms with Crippen molar-refractivity contribution >= 4 is 17.1 Å². The number of benzene rings is 1. The molecule has 0 spiro atoms. The highest BCUT2D eigenvalue weighted by Crippen LogP contribution is 2.47. The van der Waals surface area contributed by atoms with Crippen molar-refractivity contribution in [1.82, 2.24) is 0 Å². The Morgan fingerprint density at radius 1 is 1.20 bits per heavy atom. The average Bonchev–Trinajstić information content (AvgIpc) is 3.16. The van der Waals surface area contributed by atoms with Crippen molar-refractivity contribution in [1.29, 1.82) is 0 Å². The second-order valence-electron chi connectivity index (χ2n) is 9.45. The van der Waals surface area contributed by atoms with Gasteiger partial charge in [-0.15, -0.1) is 11.3 Å². The Hall–Kier alpha value is -1.65. The number of rotatable bonds is 8. The molecule has 1 heterocycles. The van der Waals surface area contributed by atoms with E-state index in [0.717, 1.165) is 35.3 Å². The van der Waals surface area contributed by atoms with E-state index < -0.39 is 11.8 Å². The van der Waals surface area contributed by atoms with Gasteiger partial charge in [0.15, 0.2) is 0 Å². The van der Waals surface area contributed by atoms with Crippen molar-refractivity contribution in [3.05, 3.63) is 53.4 Å². The monoisotopic (exact) mass is 430 g/mol. The molecule has 1 saturated carbocycles. The Labute approximate surface area is 184 Å². The molecule has 1 aliphatic carbocycles. The minimum absolute atomic E-state index is 0.0101.